The maximum Gasteiger partial charge on any atom is 0.147 e. The van der Waals surface area contributed by atoms with E-state index in [1.54, 1.807) is 0 Å². The minimum absolute atomic E-state index is 0.462. The molecule has 0 aromatic carbocycles. The predicted molar refractivity (Wildman–Crippen MR) is 80.2 cm³/mol. The molecule has 19 heavy (non-hydrogen) atoms. The van der Waals surface area contributed by atoms with E-state index in [4.69, 9.17) is 23.2 Å². The summed E-state index contributed by atoms with van der Waals surface area (Å²) in [4.78, 5) is 9.48. The van der Waals surface area contributed by atoms with E-state index in [2.05, 4.69) is 14.8 Å². The highest BCUT2D eigenvalue weighted by Crippen LogP contribution is 2.29. The first kappa shape index (κ1) is 13.5. The number of anilines is 1. The van der Waals surface area contributed by atoms with E-state index in [0.29, 0.717) is 11.9 Å². The molecule has 0 N–H and O–H groups in total. The van der Waals surface area contributed by atoms with Gasteiger partial charge in [-0.1, -0.05) is 11.6 Å². The number of hydrogen-bond acceptors (Lipinski definition) is 3. The van der Waals surface area contributed by atoms with Crippen molar-refractivity contribution in [2.45, 2.75) is 31.2 Å². The number of nitrogens with zero attached hydrogens (tertiary/aromatic N) is 3. The molecule has 0 aliphatic carbocycles. The standard InChI is InChI=1S/C14H19Cl2N3/c15-8-11-7-13(16)14(17-9-11)19-6-2-5-18-4-1-3-12(18)10-19/h7,9,12H,1-6,8,10H2. The monoisotopic (exact) mass is 299 g/mol. The van der Waals surface area contributed by atoms with Crippen LogP contribution < -0.4 is 4.90 Å². The number of halogens is 2. The molecule has 1 aromatic heterocycles. The van der Waals surface area contributed by atoms with Gasteiger partial charge in [-0.05, 0) is 37.4 Å². The topological polar surface area (TPSA) is 19.4 Å². The van der Waals surface area contributed by atoms with Crippen LogP contribution in [0.2, 0.25) is 5.02 Å². The molecule has 0 bridgehead atoms. The Morgan fingerprint density at radius 2 is 2.11 bits per heavy atom. The number of pyridine rings is 1. The first-order valence-electron chi connectivity index (χ1n) is 6.97. The largest absolute Gasteiger partial charge is 0.354 e. The molecule has 1 atom stereocenters. The summed E-state index contributed by atoms with van der Waals surface area (Å²) in [6.07, 6.45) is 5.65. The molecule has 5 heteroatoms. The van der Waals surface area contributed by atoms with Crippen LogP contribution in [0.25, 0.3) is 0 Å². The molecule has 1 unspecified atom stereocenters. The van der Waals surface area contributed by atoms with Crippen molar-refractivity contribution < 1.29 is 0 Å². The molecule has 2 saturated heterocycles. The molecule has 1 aromatic rings. The van der Waals surface area contributed by atoms with Gasteiger partial charge in [0, 0.05) is 37.8 Å². The van der Waals surface area contributed by atoms with Crippen molar-refractivity contribution in [3.63, 3.8) is 0 Å². The van der Waals surface area contributed by atoms with E-state index in [1.165, 1.54) is 32.4 Å². The van der Waals surface area contributed by atoms with Gasteiger partial charge in [-0.2, -0.15) is 0 Å². The van der Waals surface area contributed by atoms with E-state index in [1.807, 2.05) is 12.3 Å². The van der Waals surface area contributed by atoms with Gasteiger partial charge < -0.3 is 4.90 Å². The quantitative estimate of drug-likeness (QED) is 0.782. The Hall–Kier alpha value is -0.510. The highest BCUT2D eigenvalue weighted by Gasteiger charge is 2.29. The second-order valence-electron chi connectivity index (χ2n) is 5.41. The van der Waals surface area contributed by atoms with Gasteiger partial charge >= 0.3 is 0 Å². The van der Waals surface area contributed by atoms with Gasteiger partial charge in [-0.25, -0.2) is 4.98 Å². The summed E-state index contributed by atoms with van der Waals surface area (Å²) in [6.45, 7) is 4.55. The SMILES string of the molecule is ClCc1cnc(N2CCCN3CCCC3C2)c(Cl)c1. The van der Waals surface area contributed by atoms with Crippen LogP contribution in [0.15, 0.2) is 12.3 Å². The van der Waals surface area contributed by atoms with Crippen LogP contribution in [0.4, 0.5) is 5.82 Å². The van der Waals surface area contributed by atoms with Crippen LogP contribution in [0.3, 0.4) is 0 Å². The average Bonchev–Trinajstić information content (AvgIpc) is 2.76. The molecule has 104 valence electrons. The third kappa shape index (κ3) is 2.83. The summed E-state index contributed by atoms with van der Waals surface area (Å²) < 4.78 is 0. The lowest BCUT2D eigenvalue weighted by atomic mass is 10.2. The highest BCUT2D eigenvalue weighted by atomic mass is 35.5. The number of alkyl halides is 1. The Labute approximate surface area is 124 Å². The van der Waals surface area contributed by atoms with Crippen LogP contribution in [0.1, 0.15) is 24.8 Å². The lowest BCUT2D eigenvalue weighted by Crippen LogP contribution is -2.37. The summed E-state index contributed by atoms with van der Waals surface area (Å²) >= 11 is 12.2. The zero-order valence-corrected chi connectivity index (χ0v) is 12.5. The van der Waals surface area contributed by atoms with Gasteiger partial charge in [-0.3, -0.25) is 4.90 Å². The summed E-state index contributed by atoms with van der Waals surface area (Å²) in [6, 6.07) is 2.61. The van der Waals surface area contributed by atoms with Crippen LogP contribution in [-0.2, 0) is 5.88 Å². The third-order valence-electron chi connectivity index (χ3n) is 4.14. The third-order valence-corrected chi connectivity index (χ3v) is 4.72. The van der Waals surface area contributed by atoms with E-state index < -0.39 is 0 Å². The normalized spacial score (nSPS) is 24.3. The molecule has 0 amide bonds. The summed E-state index contributed by atoms with van der Waals surface area (Å²) in [5, 5.41) is 0.726. The van der Waals surface area contributed by atoms with Crippen molar-refractivity contribution in [1.82, 2.24) is 9.88 Å². The summed E-state index contributed by atoms with van der Waals surface area (Å²) in [7, 11) is 0. The van der Waals surface area contributed by atoms with E-state index in [9.17, 15) is 0 Å². The number of fused-ring (bicyclic) bond motifs is 1. The van der Waals surface area contributed by atoms with Gasteiger partial charge in [-0.15, -0.1) is 11.6 Å². The zero-order valence-electron chi connectivity index (χ0n) is 11.0. The molecule has 3 nitrogen and oxygen atoms in total. The van der Waals surface area contributed by atoms with E-state index >= 15 is 0 Å². The van der Waals surface area contributed by atoms with E-state index in [-0.39, 0.29) is 0 Å². The number of hydrogen-bond donors (Lipinski definition) is 0. The van der Waals surface area contributed by atoms with Crippen LogP contribution >= 0.6 is 23.2 Å². The van der Waals surface area contributed by atoms with Gasteiger partial charge in [0.05, 0.1) is 5.02 Å². The second kappa shape index (κ2) is 5.86. The molecule has 2 fully saturated rings. The predicted octanol–water partition coefficient (Wildman–Crippen LogP) is 3.15. The van der Waals surface area contributed by atoms with Gasteiger partial charge in [0.25, 0.3) is 0 Å². The van der Waals surface area contributed by atoms with Gasteiger partial charge in [0.1, 0.15) is 5.82 Å². The molecule has 2 aliphatic rings. The lowest BCUT2D eigenvalue weighted by Gasteiger charge is -2.27. The van der Waals surface area contributed by atoms with Crippen molar-refractivity contribution >= 4 is 29.0 Å². The fourth-order valence-electron chi connectivity index (χ4n) is 3.18. The van der Waals surface area contributed by atoms with Crippen molar-refractivity contribution in [3.05, 3.63) is 22.8 Å². The fourth-order valence-corrected chi connectivity index (χ4v) is 3.63. The Morgan fingerprint density at radius 1 is 1.26 bits per heavy atom. The molecule has 0 spiro atoms. The first-order valence-corrected chi connectivity index (χ1v) is 7.88. The first-order chi connectivity index (χ1) is 9.28. The fraction of sp³-hybridized carbons (Fsp3) is 0.643. The summed E-state index contributed by atoms with van der Waals surface area (Å²) in [5.74, 6) is 1.38. The maximum absolute atomic E-state index is 6.36. The summed E-state index contributed by atoms with van der Waals surface area (Å²) in [5.41, 5.74) is 0.979. The van der Waals surface area contributed by atoms with E-state index in [0.717, 1.165) is 29.5 Å². The molecule has 3 rings (SSSR count). The molecular formula is C14H19Cl2N3. The highest BCUT2D eigenvalue weighted by molar-refractivity contribution is 6.33. The van der Waals surface area contributed by atoms with Crippen molar-refractivity contribution in [3.8, 4) is 0 Å². The van der Waals surface area contributed by atoms with Crippen molar-refractivity contribution in [2.24, 2.45) is 0 Å². The van der Waals surface area contributed by atoms with Crippen LogP contribution in [0, 0.1) is 0 Å². The molecule has 3 heterocycles. The number of rotatable bonds is 2. The Kier molecular flexibility index (Phi) is 4.15. The Morgan fingerprint density at radius 3 is 2.89 bits per heavy atom. The molecule has 2 aliphatic heterocycles. The number of aromatic nitrogens is 1. The minimum atomic E-state index is 0.462. The minimum Gasteiger partial charge on any atom is -0.354 e. The smallest absolute Gasteiger partial charge is 0.147 e. The second-order valence-corrected chi connectivity index (χ2v) is 6.09. The average molecular weight is 300 g/mol. The maximum atomic E-state index is 6.36. The Bertz CT molecular complexity index is 452. The van der Waals surface area contributed by atoms with Gasteiger partial charge in [0.2, 0.25) is 0 Å². The van der Waals surface area contributed by atoms with Crippen LogP contribution in [0.5, 0.6) is 0 Å². The molecule has 0 radical (unpaired) electrons. The van der Waals surface area contributed by atoms with Gasteiger partial charge in [0.15, 0.2) is 0 Å². The zero-order chi connectivity index (χ0) is 13.2. The molecular weight excluding hydrogens is 281 g/mol. The van der Waals surface area contributed by atoms with Crippen molar-refractivity contribution in [1.29, 1.82) is 0 Å². The lowest BCUT2D eigenvalue weighted by molar-refractivity contribution is 0.273. The Balaban J connectivity index is 1.80. The molecule has 0 saturated carbocycles. The van der Waals surface area contributed by atoms with Crippen molar-refractivity contribution in [2.75, 3.05) is 31.1 Å². The van der Waals surface area contributed by atoms with Crippen LogP contribution in [-0.4, -0.2) is 42.1 Å².